The van der Waals surface area contributed by atoms with Gasteiger partial charge in [-0.2, -0.15) is 0 Å². The van der Waals surface area contributed by atoms with Crippen LogP contribution in [0.15, 0.2) is 0 Å². The summed E-state index contributed by atoms with van der Waals surface area (Å²) in [6.45, 7) is 7.22. The molecular formula is C17H34N4O2. The highest BCUT2D eigenvalue weighted by atomic mass is 16.3. The van der Waals surface area contributed by atoms with E-state index >= 15 is 0 Å². The molecule has 0 radical (unpaired) electrons. The molecule has 1 heterocycles. The molecule has 0 aromatic heterocycles. The Labute approximate surface area is 140 Å². The minimum Gasteiger partial charge on any atom is -0.393 e. The molecule has 23 heavy (non-hydrogen) atoms. The maximum atomic E-state index is 11.8. The minimum atomic E-state index is -0.173. The molecule has 2 rings (SSSR count). The highest BCUT2D eigenvalue weighted by Gasteiger charge is 2.20. The Morgan fingerprint density at radius 2 is 1.91 bits per heavy atom. The number of hydrogen-bond acceptors (Lipinski definition) is 4. The number of urea groups is 1. The van der Waals surface area contributed by atoms with Gasteiger partial charge >= 0.3 is 6.03 Å². The summed E-state index contributed by atoms with van der Waals surface area (Å²) in [5.41, 5.74) is 0. The van der Waals surface area contributed by atoms with E-state index in [1.165, 1.54) is 0 Å². The zero-order valence-electron chi connectivity index (χ0n) is 14.6. The first kappa shape index (κ1) is 18.5. The van der Waals surface area contributed by atoms with Crippen molar-refractivity contribution >= 4 is 6.03 Å². The van der Waals surface area contributed by atoms with E-state index in [0.717, 1.165) is 77.8 Å². The van der Waals surface area contributed by atoms with Crippen molar-refractivity contribution in [1.82, 2.24) is 20.4 Å². The second-order valence-corrected chi connectivity index (χ2v) is 7.18. The van der Waals surface area contributed by atoms with Gasteiger partial charge in [0.15, 0.2) is 0 Å². The van der Waals surface area contributed by atoms with Crippen molar-refractivity contribution in [3.05, 3.63) is 0 Å². The van der Waals surface area contributed by atoms with Gasteiger partial charge in [0.25, 0.3) is 0 Å². The average Bonchev–Trinajstić information content (AvgIpc) is 2.54. The highest BCUT2D eigenvalue weighted by Crippen LogP contribution is 2.23. The first-order chi connectivity index (χ1) is 11.1. The fraction of sp³-hybridized carbons (Fsp3) is 0.941. The Hall–Kier alpha value is -0.850. The number of aliphatic hydroxyl groups excluding tert-OH is 1. The van der Waals surface area contributed by atoms with E-state index in [2.05, 4.69) is 27.5 Å². The second-order valence-electron chi connectivity index (χ2n) is 7.18. The molecular weight excluding hydrogens is 292 g/mol. The van der Waals surface area contributed by atoms with Crippen LogP contribution >= 0.6 is 0 Å². The van der Waals surface area contributed by atoms with Crippen LogP contribution in [-0.4, -0.2) is 79.9 Å². The first-order valence-corrected chi connectivity index (χ1v) is 9.24. The number of hydrogen-bond donors (Lipinski definition) is 3. The molecule has 134 valence electrons. The molecule has 2 unspecified atom stereocenters. The zero-order chi connectivity index (χ0) is 16.5. The summed E-state index contributed by atoms with van der Waals surface area (Å²) in [5, 5.41) is 15.5. The van der Waals surface area contributed by atoms with Crippen LogP contribution in [0.3, 0.4) is 0 Å². The Kier molecular flexibility index (Phi) is 8.12. The Balaban J connectivity index is 1.44. The van der Waals surface area contributed by atoms with Crippen LogP contribution in [0.1, 0.15) is 38.5 Å². The van der Waals surface area contributed by atoms with Crippen molar-refractivity contribution in [2.24, 2.45) is 5.92 Å². The Bertz CT molecular complexity index is 345. The van der Waals surface area contributed by atoms with E-state index in [1.54, 1.807) is 0 Å². The number of piperazine rings is 1. The lowest BCUT2D eigenvalue weighted by Crippen LogP contribution is -2.44. The standard InChI is InChI=1S/C17H34N4O2/c1-20-9-11-21(12-10-20)8-3-2-7-18-17(23)19-14-15-5-4-6-16(22)13-15/h15-16,22H,2-14H2,1H3,(H2,18,19,23). The maximum Gasteiger partial charge on any atom is 0.314 e. The van der Waals surface area contributed by atoms with Gasteiger partial charge in [-0.1, -0.05) is 6.42 Å². The molecule has 0 bridgehead atoms. The lowest BCUT2D eigenvalue weighted by molar-refractivity contribution is 0.101. The van der Waals surface area contributed by atoms with Crippen molar-refractivity contribution < 1.29 is 9.90 Å². The number of carbonyl (C=O) groups is 1. The van der Waals surface area contributed by atoms with E-state index in [1.807, 2.05) is 0 Å². The third kappa shape index (κ3) is 7.50. The smallest absolute Gasteiger partial charge is 0.314 e. The largest absolute Gasteiger partial charge is 0.393 e. The summed E-state index contributed by atoms with van der Waals surface area (Å²) < 4.78 is 0. The minimum absolute atomic E-state index is 0.0651. The van der Waals surface area contributed by atoms with E-state index in [-0.39, 0.29) is 12.1 Å². The Morgan fingerprint density at radius 1 is 1.13 bits per heavy atom. The topological polar surface area (TPSA) is 67.8 Å². The monoisotopic (exact) mass is 326 g/mol. The molecule has 1 aliphatic carbocycles. The van der Waals surface area contributed by atoms with Crippen molar-refractivity contribution in [2.75, 3.05) is 52.9 Å². The van der Waals surface area contributed by atoms with Gasteiger partial charge in [-0.15, -0.1) is 0 Å². The number of carbonyl (C=O) groups excluding carboxylic acids is 1. The normalized spacial score (nSPS) is 26.9. The number of nitrogens with zero attached hydrogens (tertiary/aromatic N) is 2. The molecule has 2 atom stereocenters. The fourth-order valence-electron chi connectivity index (χ4n) is 3.48. The molecule has 2 fully saturated rings. The second kappa shape index (κ2) is 10.1. The summed E-state index contributed by atoms with van der Waals surface area (Å²) in [6, 6.07) is -0.0651. The third-order valence-electron chi connectivity index (χ3n) is 5.09. The van der Waals surface area contributed by atoms with Gasteiger partial charge in [-0.05, 0) is 51.6 Å². The van der Waals surface area contributed by atoms with Crippen molar-refractivity contribution in [3.63, 3.8) is 0 Å². The molecule has 0 aromatic rings. The van der Waals surface area contributed by atoms with Crippen LogP contribution < -0.4 is 10.6 Å². The molecule has 0 spiro atoms. The number of nitrogens with one attached hydrogen (secondary N) is 2. The van der Waals surface area contributed by atoms with Crippen LogP contribution in [0.4, 0.5) is 4.79 Å². The molecule has 0 aromatic carbocycles. The predicted octanol–water partition coefficient (Wildman–Crippen LogP) is 0.864. The molecule has 1 saturated carbocycles. The van der Waals surface area contributed by atoms with Crippen LogP contribution in [0.25, 0.3) is 0 Å². The van der Waals surface area contributed by atoms with Crippen LogP contribution in [0.2, 0.25) is 0 Å². The zero-order valence-corrected chi connectivity index (χ0v) is 14.6. The number of unbranched alkanes of at least 4 members (excludes halogenated alkanes) is 1. The molecule has 6 heteroatoms. The van der Waals surface area contributed by atoms with Crippen molar-refractivity contribution in [1.29, 1.82) is 0 Å². The summed E-state index contributed by atoms with van der Waals surface area (Å²) in [6.07, 6.45) is 5.92. The van der Waals surface area contributed by atoms with Gasteiger partial charge in [0.2, 0.25) is 0 Å². The van der Waals surface area contributed by atoms with Crippen LogP contribution in [0.5, 0.6) is 0 Å². The number of rotatable bonds is 7. The SMILES string of the molecule is CN1CCN(CCCCNC(=O)NCC2CCCC(O)C2)CC1. The molecule has 1 saturated heterocycles. The Morgan fingerprint density at radius 3 is 2.65 bits per heavy atom. The number of likely N-dealkylation sites (N-methyl/N-ethyl adjacent to an activating group) is 1. The summed E-state index contributed by atoms with van der Waals surface area (Å²) >= 11 is 0. The van der Waals surface area contributed by atoms with Gasteiger partial charge in [0.1, 0.15) is 0 Å². The van der Waals surface area contributed by atoms with Gasteiger partial charge < -0.3 is 25.5 Å². The van der Waals surface area contributed by atoms with Gasteiger partial charge in [0, 0.05) is 39.3 Å². The van der Waals surface area contributed by atoms with Gasteiger partial charge in [-0.3, -0.25) is 0 Å². The lowest BCUT2D eigenvalue weighted by Gasteiger charge is -2.32. The average molecular weight is 326 g/mol. The van der Waals surface area contributed by atoms with Gasteiger partial charge in [-0.25, -0.2) is 4.79 Å². The lowest BCUT2D eigenvalue weighted by atomic mass is 9.87. The molecule has 2 amide bonds. The van der Waals surface area contributed by atoms with E-state index in [9.17, 15) is 9.90 Å². The first-order valence-electron chi connectivity index (χ1n) is 9.24. The summed E-state index contributed by atoms with van der Waals surface area (Å²) in [7, 11) is 2.17. The summed E-state index contributed by atoms with van der Waals surface area (Å²) in [5.74, 6) is 0.432. The quantitative estimate of drug-likeness (QED) is 0.607. The van der Waals surface area contributed by atoms with E-state index in [4.69, 9.17) is 0 Å². The number of aliphatic hydroxyl groups is 1. The van der Waals surface area contributed by atoms with E-state index < -0.39 is 0 Å². The van der Waals surface area contributed by atoms with E-state index in [0.29, 0.717) is 12.5 Å². The van der Waals surface area contributed by atoms with Crippen LogP contribution in [0, 0.1) is 5.92 Å². The predicted molar refractivity (Wildman–Crippen MR) is 92.5 cm³/mol. The fourth-order valence-corrected chi connectivity index (χ4v) is 3.48. The highest BCUT2D eigenvalue weighted by molar-refractivity contribution is 5.73. The molecule has 2 aliphatic rings. The number of amides is 2. The van der Waals surface area contributed by atoms with Gasteiger partial charge in [0.05, 0.1) is 6.10 Å². The van der Waals surface area contributed by atoms with Crippen molar-refractivity contribution in [3.8, 4) is 0 Å². The maximum absolute atomic E-state index is 11.8. The molecule has 3 N–H and O–H groups in total. The summed E-state index contributed by atoms with van der Waals surface area (Å²) in [4.78, 5) is 16.6. The van der Waals surface area contributed by atoms with Crippen molar-refractivity contribution in [2.45, 2.75) is 44.6 Å². The molecule has 1 aliphatic heterocycles. The third-order valence-corrected chi connectivity index (χ3v) is 5.09. The molecule has 6 nitrogen and oxygen atoms in total. The van der Waals surface area contributed by atoms with Crippen LogP contribution in [-0.2, 0) is 0 Å².